The number of nitrogens with zero attached hydrogens (tertiary/aromatic N) is 4. The van der Waals surface area contributed by atoms with Crippen molar-refractivity contribution >= 4 is 28.9 Å². The Morgan fingerprint density at radius 3 is 2.83 bits per heavy atom. The molecule has 1 saturated carbocycles. The molecule has 1 amide bonds. The Bertz CT molecular complexity index is 1080. The van der Waals surface area contributed by atoms with Gasteiger partial charge in [0.25, 0.3) is 6.43 Å². The van der Waals surface area contributed by atoms with E-state index in [4.69, 9.17) is 9.84 Å². The molecule has 0 aliphatic heterocycles. The van der Waals surface area contributed by atoms with Gasteiger partial charge in [0, 0.05) is 18.5 Å². The number of alkyl halides is 2. The van der Waals surface area contributed by atoms with Gasteiger partial charge in [-0.3, -0.25) is 4.57 Å². The van der Waals surface area contributed by atoms with E-state index >= 15 is 0 Å². The van der Waals surface area contributed by atoms with Crippen molar-refractivity contribution in [3.05, 3.63) is 36.2 Å². The summed E-state index contributed by atoms with van der Waals surface area (Å²) in [7, 11) is 0. The molecule has 30 heavy (non-hydrogen) atoms. The van der Waals surface area contributed by atoms with E-state index in [0.29, 0.717) is 35.5 Å². The highest BCUT2D eigenvalue weighted by Crippen LogP contribution is 2.30. The molecule has 2 atom stereocenters. The molecule has 11 heteroatoms. The molecular formula is C19H19F2N5O3S. The lowest BCUT2D eigenvalue weighted by atomic mass is 10.2. The molecular weight excluding hydrogens is 416 g/mol. The summed E-state index contributed by atoms with van der Waals surface area (Å²) in [4.78, 5) is 23.6. The summed E-state index contributed by atoms with van der Waals surface area (Å²) in [6.45, 7) is 0. The number of carboxylic acid groups (broad SMARTS) is 1. The van der Waals surface area contributed by atoms with Crippen LogP contribution >= 0.6 is 11.8 Å². The van der Waals surface area contributed by atoms with Crippen LogP contribution in [0.4, 0.5) is 13.6 Å². The van der Waals surface area contributed by atoms with Gasteiger partial charge in [0.2, 0.25) is 5.88 Å². The van der Waals surface area contributed by atoms with Crippen LogP contribution in [-0.2, 0) is 0 Å². The molecule has 0 bridgehead atoms. The molecule has 0 radical (unpaired) electrons. The topological polar surface area (TPSA) is 102 Å². The number of nitrogens with one attached hydrogen (secondary N) is 1. The second-order valence-corrected chi connectivity index (χ2v) is 7.62. The van der Waals surface area contributed by atoms with Crippen LogP contribution in [0.25, 0.3) is 16.9 Å². The third-order valence-electron chi connectivity index (χ3n) is 4.86. The number of thioether (sulfide) groups is 1. The minimum absolute atomic E-state index is 0.183. The monoisotopic (exact) mass is 435 g/mol. The van der Waals surface area contributed by atoms with Crippen molar-refractivity contribution in [1.82, 2.24) is 24.8 Å². The van der Waals surface area contributed by atoms with Crippen LogP contribution in [0.1, 0.15) is 31.5 Å². The summed E-state index contributed by atoms with van der Waals surface area (Å²) in [5.41, 5.74) is 0.953. The Labute approximate surface area is 174 Å². The summed E-state index contributed by atoms with van der Waals surface area (Å²) in [5, 5.41) is 11.7. The van der Waals surface area contributed by atoms with Gasteiger partial charge in [0.15, 0.2) is 11.0 Å². The lowest BCUT2D eigenvalue weighted by Crippen LogP contribution is -2.32. The first-order valence-electron chi connectivity index (χ1n) is 9.29. The van der Waals surface area contributed by atoms with E-state index in [2.05, 4.69) is 20.3 Å². The molecule has 0 spiro atoms. The largest absolute Gasteiger partial charge is 0.474 e. The van der Waals surface area contributed by atoms with Gasteiger partial charge < -0.3 is 15.2 Å². The number of ether oxygens (including phenoxy) is 1. The van der Waals surface area contributed by atoms with Crippen molar-refractivity contribution in [2.24, 2.45) is 0 Å². The second-order valence-electron chi connectivity index (χ2n) is 6.85. The number of fused-ring (bicyclic) bond motifs is 1. The number of halogens is 2. The summed E-state index contributed by atoms with van der Waals surface area (Å²) < 4.78 is 34.7. The lowest BCUT2D eigenvalue weighted by Gasteiger charge is -2.15. The molecule has 0 unspecified atom stereocenters. The van der Waals surface area contributed by atoms with Crippen molar-refractivity contribution in [2.45, 2.75) is 43.0 Å². The van der Waals surface area contributed by atoms with Crippen LogP contribution in [0.3, 0.4) is 0 Å². The first-order chi connectivity index (χ1) is 14.4. The number of imidazole rings is 1. The molecule has 3 aromatic rings. The van der Waals surface area contributed by atoms with E-state index in [1.54, 1.807) is 30.5 Å². The highest BCUT2D eigenvalue weighted by molar-refractivity contribution is 7.98. The van der Waals surface area contributed by atoms with Gasteiger partial charge in [-0.1, -0.05) is 23.9 Å². The van der Waals surface area contributed by atoms with Crippen LogP contribution in [0.5, 0.6) is 5.88 Å². The van der Waals surface area contributed by atoms with E-state index in [1.807, 2.05) is 0 Å². The summed E-state index contributed by atoms with van der Waals surface area (Å²) in [6.07, 6.45) is -0.468. The standard InChI is InChI=1S/C19H19F2N5O3S/c1-30-18-24-14(26-13-5-3-2-4-12(13)23-17(26)16(20)21)9-15(25-18)29-11-7-6-10(8-11)22-19(27)28/h2-5,9-11,16,22H,6-8H2,1H3,(H,27,28)/t10-,11-/m0/s1. The number of rotatable bonds is 6. The fourth-order valence-electron chi connectivity index (χ4n) is 3.61. The van der Waals surface area contributed by atoms with Gasteiger partial charge in [-0.05, 0) is 31.2 Å². The number of carbonyl (C=O) groups is 1. The van der Waals surface area contributed by atoms with E-state index in [9.17, 15) is 13.6 Å². The van der Waals surface area contributed by atoms with E-state index in [-0.39, 0.29) is 23.8 Å². The van der Waals surface area contributed by atoms with E-state index in [0.717, 1.165) is 0 Å². The van der Waals surface area contributed by atoms with E-state index in [1.165, 1.54) is 22.4 Å². The zero-order valence-corrected chi connectivity index (χ0v) is 16.8. The first kappa shape index (κ1) is 20.3. The Morgan fingerprint density at radius 1 is 1.30 bits per heavy atom. The highest BCUT2D eigenvalue weighted by Gasteiger charge is 2.28. The second kappa shape index (κ2) is 8.42. The quantitative estimate of drug-likeness (QED) is 0.445. The number of para-hydroxylation sites is 2. The van der Waals surface area contributed by atoms with E-state index < -0.39 is 18.3 Å². The molecule has 1 aromatic carbocycles. The van der Waals surface area contributed by atoms with Gasteiger partial charge in [0.1, 0.15) is 11.9 Å². The maximum absolute atomic E-state index is 13.7. The Balaban J connectivity index is 1.69. The molecule has 2 aromatic heterocycles. The fraction of sp³-hybridized carbons (Fsp3) is 0.368. The van der Waals surface area contributed by atoms with Crippen LogP contribution in [0.15, 0.2) is 35.5 Å². The zero-order valence-electron chi connectivity index (χ0n) is 16.0. The normalized spacial score (nSPS) is 18.8. The molecule has 4 rings (SSSR count). The first-order valence-corrected chi connectivity index (χ1v) is 10.5. The van der Waals surface area contributed by atoms with Crippen molar-refractivity contribution in [2.75, 3.05) is 6.26 Å². The average Bonchev–Trinajstić information content (AvgIpc) is 3.31. The third kappa shape index (κ3) is 4.16. The minimum atomic E-state index is -2.79. The Kier molecular flexibility index (Phi) is 5.71. The molecule has 1 fully saturated rings. The van der Waals surface area contributed by atoms with Gasteiger partial charge >= 0.3 is 6.09 Å². The molecule has 0 saturated heterocycles. The predicted octanol–water partition coefficient (Wildman–Crippen LogP) is 4.04. The van der Waals surface area contributed by atoms with Crippen molar-refractivity contribution in [1.29, 1.82) is 0 Å². The Hall–Kier alpha value is -2.95. The molecule has 2 heterocycles. The number of amides is 1. The number of hydrogen-bond acceptors (Lipinski definition) is 6. The summed E-state index contributed by atoms with van der Waals surface area (Å²) in [5.74, 6) is 0.0920. The average molecular weight is 435 g/mol. The smallest absolute Gasteiger partial charge is 0.404 e. The zero-order chi connectivity index (χ0) is 21.3. The molecule has 1 aliphatic carbocycles. The third-order valence-corrected chi connectivity index (χ3v) is 5.41. The minimum Gasteiger partial charge on any atom is -0.474 e. The highest BCUT2D eigenvalue weighted by atomic mass is 32.2. The number of benzene rings is 1. The van der Waals surface area contributed by atoms with Crippen LogP contribution in [0.2, 0.25) is 0 Å². The molecule has 1 aliphatic rings. The van der Waals surface area contributed by atoms with Crippen molar-refractivity contribution in [3.8, 4) is 11.7 Å². The SMILES string of the molecule is CSc1nc(O[C@H]2CC[C@H](NC(=O)O)C2)cc(-n2c(C(F)F)nc3ccccc32)n1. The number of hydrogen-bond donors (Lipinski definition) is 2. The van der Waals surface area contributed by atoms with Gasteiger partial charge in [-0.2, -0.15) is 4.98 Å². The number of aromatic nitrogens is 4. The van der Waals surface area contributed by atoms with Crippen molar-refractivity contribution < 1.29 is 23.4 Å². The summed E-state index contributed by atoms with van der Waals surface area (Å²) >= 11 is 1.27. The van der Waals surface area contributed by atoms with Crippen LogP contribution in [-0.4, -0.2) is 49.1 Å². The van der Waals surface area contributed by atoms with Crippen LogP contribution in [0, 0.1) is 0 Å². The Morgan fingerprint density at radius 2 is 2.10 bits per heavy atom. The maximum Gasteiger partial charge on any atom is 0.404 e. The van der Waals surface area contributed by atoms with Gasteiger partial charge in [0.05, 0.1) is 11.0 Å². The maximum atomic E-state index is 13.7. The van der Waals surface area contributed by atoms with Gasteiger partial charge in [-0.25, -0.2) is 23.5 Å². The van der Waals surface area contributed by atoms with Gasteiger partial charge in [-0.15, -0.1) is 0 Å². The summed E-state index contributed by atoms with van der Waals surface area (Å²) in [6, 6.07) is 8.18. The molecule has 2 N–H and O–H groups in total. The molecule has 8 nitrogen and oxygen atoms in total. The lowest BCUT2D eigenvalue weighted by molar-refractivity contribution is 0.139. The fourth-order valence-corrected chi connectivity index (χ4v) is 3.98. The van der Waals surface area contributed by atoms with Crippen LogP contribution < -0.4 is 10.1 Å². The molecule has 158 valence electrons. The predicted molar refractivity (Wildman–Crippen MR) is 107 cm³/mol. The van der Waals surface area contributed by atoms with Crippen molar-refractivity contribution in [3.63, 3.8) is 0 Å².